The van der Waals surface area contributed by atoms with Gasteiger partial charge in [0.05, 0.1) is 10.6 Å². The van der Waals surface area contributed by atoms with Crippen molar-refractivity contribution in [2.75, 3.05) is 18.5 Å². The molecule has 1 fully saturated rings. The Morgan fingerprint density at radius 2 is 1.96 bits per heavy atom. The Bertz CT molecular complexity index is 925. The Morgan fingerprint density at radius 1 is 1.21 bits per heavy atom. The number of anilines is 1. The van der Waals surface area contributed by atoms with Crippen molar-refractivity contribution in [3.8, 4) is 11.8 Å². The summed E-state index contributed by atoms with van der Waals surface area (Å²) in [6, 6.07) is 12.7. The second-order valence-electron chi connectivity index (χ2n) is 6.24. The minimum Gasteiger partial charge on any atom is -0.479 e. The predicted octanol–water partition coefficient (Wildman–Crippen LogP) is 4.14. The number of halogens is 2. The van der Waals surface area contributed by atoms with Crippen LogP contribution in [-0.2, 0) is 4.79 Å². The molecule has 1 atom stereocenters. The lowest BCUT2D eigenvalue weighted by Crippen LogP contribution is -2.43. The number of carbonyl (C=O) groups is 2. The summed E-state index contributed by atoms with van der Waals surface area (Å²) in [6.45, 7) is 0.428. The zero-order chi connectivity index (χ0) is 20.1. The van der Waals surface area contributed by atoms with Crippen LogP contribution in [0.15, 0.2) is 42.5 Å². The highest BCUT2D eigenvalue weighted by atomic mass is 35.5. The maximum atomic E-state index is 12.9. The molecular formula is C20H17Cl2N3O3. The second-order valence-corrected chi connectivity index (χ2v) is 7.08. The van der Waals surface area contributed by atoms with E-state index >= 15 is 0 Å². The van der Waals surface area contributed by atoms with Crippen LogP contribution in [0.3, 0.4) is 0 Å². The molecule has 1 aliphatic heterocycles. The van der Waals surface area contributed by atoms with E-state index in [-0.39, 0.29) is 24.0 Å². The van der Waals surface area contributed by atoms with Gasteiger partial charge in [-0.1, -0.05) is 23.2 Å². The summed E-state index contributed by atoms with van der Waals surface area (Å²) in [5, 5.41) is 12.1. The Labute approximate surface area is 172 Å². The van der Waals surface area contributed by atoms with Crippen molar-refractivity contribution >= 4 is 40.7 Å². The van der Waals surface area contributed by atoms with Crippen molar-refractivity contribution in [2.45, 2.75) is 18.9 Å². The molecule has 0 aromatic heterocycles. The average molecular weight is 418 g/mol. The lowest BCUT2D eigenvalue weighted by Gasteiger charge is -2.24. The van der Waals surface area contributed by atoms with Crippen molar-refractivity contribution in [3.05, 3.63) is 58.1 Å². The molecule has 1 saturated heterocycles. The van der Waals surface area contributed by atoms with E-state index in [9.17, 15) is 9.59 Å². The van der Waals surface area contributed by atoms with E-state index in [0.717, 1.165) is 6.42 Å². The van der Waals surface area contributed by atoms with Crippen LogP contribution in [0.25, 0.3) is 0 Å². The molecule has 1 N–H and O–H groups in total. The normalized spacial score (nSPS) is 15.8. The van der Waals surface area contributed by atoms with E-state index in [4.69, 9.17) is 33.2 Å². The highest BCUT2D eigenvalue weighted by Gasteiger charge is 2.35. The van der Waals surface area contributed by atoms with Gasteiger partial charge in [0, 0.05) is 17.3 Å². The van der Waals surface area contributed by atoms with Gasteiger partial charge in [0.2, 0.25) is 5.91 Å². The molecule has 8 heteroatoms. The molecule has 144 valence electrons. The van der Waals surface area contributed by atoms with Crippen molar-refractivity contribution in [1.82, 2.24) is 4.90 Å². The van der Waals surface area contributed by atoms with Crippen LogP contribution in [0.2, 0.25) is 10.0 Å². The van der Waals surface area contributed by atoms with Gasteiger partial charge in [-0.2, -0.15) is 5.26 Å². The third-order valence-corrected chi connectivity index (χ3v) is 4.97. The molecule has 1 heterocycles. The molecule has 1 aliphatic rings. The van der Waals surface area contributed by atoms with Gasteiger partial charge in [-0.05, 0) is 55.3 Å². The minimum absolute atomic E-state index is 0.0447. The van der Waals surface area contributed by atoms with Gasteiger partial charge < -0.3 is 15.0 Å². The quantitative estimate of drug-likeness (QED) is 0.792. The fourth-order valence-electron chi connectivity index (χ4n) is 3.07. The van der Waals surface area contributed by atoms with Gasteiger partial charge in [0.15, 0.2) is 6.61 Å². The van der Waals surface area contributed by atoms with Crippen LogP contribution < -0.4 is 10.1 Å². The van der Waals surface area contributed by atoms with Gasteiger partial charge in [0.1, 0.15) is 17.9 Å². The monoisotopic (exact) mass is 417 g/mol. The van der Waals surface area contributed by atoms with Gasteiger partial charge in [0.25, 0.3) is 5.91 Å². The number of nitriles is 1. The van der Waals surface area contributed by atoms with Crippen molar-refractivity contribution in [1.29, 1.82) is 5.26 Å². The number of likely N-dealkylation sites (tertiary alicyclic amines) is 1. The molecular weight excluding hydrogens is 401 g/mol. The molecule has 1 unspecified atom stereocenters. The van der Waals surface area contributed by atoms with Crippen molar-refractivity contribution < 1.29 is 14.3 Å². The number of hydrogen-bond donors (Lipinski definition) is 1. The van der Waals surface area contributed by atoms with Crippen LogP contribution in [0.1, 0.15) is 23.2 Å². The summed E-state index contributed by atoms with van der Waals surface area (Å²) in [7, 11) is 0. The molecule has 3 rings (SSSR count). The molecule has 0 saturated carbocycles. The second kappa shape index (κ2) is 8.96. The van der Waals surface area contributed by atoms with E-state index in [0.29, 0.717) is 34.4 Å². The van der Waals surface area contributed by atoms with E-state index in [1.807, 2.05) is 6.07 Å². The Kier molecular flexibility index (Phi) is 6.40. The molecule has 2 aromatic rings. The SMILES string of the molecule is N#CCOc1ccc(NC(=O)C2CCCN2C(=O)c2cc(Cl)ccc2Cl)cc1. The van der Waals surface area contributed by atoms with Gasteiger partial charge >= 0.3 is 0 Å². The van der Waals surface area contributed by atoms with Gasteiger partial charge in [-0.25, -0.2) is 0 Å². The highest BCUT2D eigenvalue weighted by Crippen LogP contribution is 2.27. The smallest absolute Gasteiger partial charge is 0.256 e. The molecule has 0 spiro atoms. The fourth-order valence-corrected chi connectivity index (χ4v) is 3.44. The number of amides is 2. The zero-order valence-corrected chi connectivity index (χ0v) is 16.3. The van der Waals surface area contributed by atoms with Crippen molar-refractivity contribution in [3.63, 3.8) is 0 Å². The predicted molar refractivity (Wildman–Crippen MR) is 107 cm³/mol. The summed E-state index contributed by atoms with van der Waals surface area (Å²) >= 11 is 12.1. The number of rotatable bonds is 5. The first-order chi connectivity index (χ1) is 13.5. The molecule has 2 aromatic carbocycles. The van der Waals surface area contributed by atoms with Crippen LogP contribution in [0, 0.1) is 11.3 Å². The first-order valence-corrected chi connectivity index (χ1v) is 9.42. The van der Waals surface area contributed by atoms with E-state index in [1.54, 1.807) is 36.4 Å². The third-order valence-electron chi connectivity index (χ3n) is 4.40. The van der Waals surface area contributed by atoms with Crippen LogP contribution in [0.4, 0.5) is 5.69 Å². The summed E-state index contributed by atoms with van der Waals surface area (Å²) < 4.78 is 5.18. The summed E-state index contributed by atoms with van der Waals surface area (Å²) in [4.78, 5) is 27.1. The minimum atomic E-state index is -0.586. The van der Waals surface area contributed by atoms with Crippen molar-refractivity contribution in [2.24, 2.45) is 0 Å². The number of ether oxygens (including phenoxy) is 1. The van der Waals surface area contributed by atoms with E-state index < -0.39 is 6.04 Å². The maximum Gasteiger partial charge on any atom is 0.256 e. The maximum absolute atomic E-state index is 12.9. The number of nitrogens with one attached hydrogen (secondary N) is 1. The molecule has 28 heavy (non-hydrogen) atoms. The van der Waals surface area contributed by atoms with Crippen LogP contribution >= 0.6 is 23.2 Å². The number of carbonyl (C=O) groups excluding carboxylic acids is 2. The summed E-state index contributed by atoms with van der Waals surface area (Å²) in [5.41, 5.74) is 0.863. The first kappa shape index (κ1) is 20.0. The fraction of sp³-hybridized carbons (Fsp3) is 0.250. The van der Waals surface area contributed by atoms with Gasteiger partial charge in [-0.3, -0.25) is 9.59 Å². The Balaban J connectivity index is 1.70. The Hall–Kier alpha value is -2.75. The van der Waals surface area contributed by atoms with Gasteiger partial charge in [-0.15, -0.1) is 0 Å². The summed E-state index contributed by atoms with van der Waals surface area (Å²) in [6.07, 6.45) is 1.29. The topological polar surface area (TPSA) is 82.4 Å². The molecule has 0 aliphatic carbocycles. The molecule has 6 nitrogen and oxygen atoms in total. The lowest BCUT2D eigenvalue weighted by molar-refractivity contribution is -0.119. The molecule has 0 bridgehead atoms. The standard InChI is InChI=1S/C20H17Cl2N3O3/c21-13-3-8-17(22)16(12-13)20(27)25-10-1-2-18(25)19(26)24-14-4-6-15(7-5-14)28-11-9-23/h3-8,12,18H,1-2,10-11H2,(H,24,26). The number of nitrogens with zero attached hydrogens (tertiary/aromatic N) is 2. The molecule has 2 amide bonds. The zero-order valence-electron chi connectivity index (χ0n) is 14.8. The number of benzene rings is 2. The van der Waals surface area contributed by atoms with E-state index in [2.05, 4.69) is 5.32 Å². The first-order valence-electron chi connectivity index (χ1n) is 8.66. The highest BCUT2D eigenvalue weighted by molar-refractivity contribution is 6.35. The van der Waals surface area contributed by atoms with Crippen LogP contribution in [-0.4, -0.2) is 35.9 Å². The van der Waals surface area contributed by atoms with E-state index in [1.165, 1.54) is 11.0 Å². The largest absolute Gasteiger partial charge is 0.479 e. The van der Waals surface area contributed by atoms with Crippen LogP contribution in [0.5, 0.6) is 5.75 Å². The number of hydrogen-bond acceptors (Lipinski definition) is 4. The average Bonchev–Trinajstić information content (AvgIpc) is 3.19. The third kappa shape index (κ3) is 4.56. The summed E-state index contributed by atoms with van der Waals surface area (Å²) in [5.74, 6) is -0.0482. The lowest BCUT2D eigenvalue weighted by atomic mass is 10.1. The molecule has 0 radical (unpaired) electrons. The Morgan fingerprint density at radius 3 is 2.68 bits per heavy atom.